The van der Waals surface area contributed by atoms with Crippen molar-refractivity contribution in [2.24, 2.45) is 12.0 Å². The third-order valence-electron chi connectivity index (χ3n) is 3.15. The summed E-state index contributed by atoms with van der Waals surface area (Å²) in [7, 11) is 1.77. The van der Waals surface area contributed by atoms with Crippen LogP contribution in [0.15, 0.2) is 27.9 Å². The molecule has 0 aromatic carbocycles. The zero-order chi connectivity index (χ0) is 13.1. The molecule has 0 radical (unpaired) electrons. The topological polar surface area (TPSA) is 59.2 Å². The number of allylic oxidation sites excluding steroid dienone is 1. The number of anilines is 1. The highest BCUT2D eigenvalue weighted by molar-refractivity contribution is 5.47. The molecule has 0 atom stereocenters. The van der Waals surface area contributed by atoms with Gasteiger partial charge in [-0.2, -0.15) is 4.80 Å². The minimum absolute atomic E-state index is 0.669. The number of aromatic nitrogens is 4. The summed E-state index contributed by atoms with van der Waals surface area (Å²) in [5.41, 5.74) is 3.52. The average Bonchev–Trinajstić information content (AvgIpc) is 2.80. The van der Waals surface area contributed by atoms with Crippen LogP contribution >= 0.6 is 0 Å². The van der Waals surface area contributed by atoms with Gasteiger partial charge in [-0.3, -0.25) is 4.99 Å². The molecule has 2 rings (SSSR count). The first-order chi connectivity index (χ1) is 8.65. The largest absolute Gasteiger partial charge is 0.333 e. The van der Waals surface area contributed by atoms with E-state index in [4.69, 9.17) is 0 Å². The molecule has 2 heterocycles. The molecule has 0 aliphatic carbocycles. The van der Waals surface area contributed by atoms with E-state index < -0.39 is 0 Å². The first-order valence-corrected chi connectivity index (χ1v) is 5.96. The van der Waals surface area contributed by atoms with Crippen molar-refractivity contribution < 1.29 is 0 Å². The Labute approximate surface area is 107 Å². The van der Waals surface area contributed by atoms with E-state index >= 15 is 0 Å². The molecule has 0 saturated heterocycles. The van der Waals surface area contributed by atoms with E-state index in [0.717, 1.165) is 25.2 Å². The lowest BCUT2D eigenvalue weighted by Gasteiger charge is -2.28. The number of hydrogen-bond acceptors (Lipinski definition) is 5. The highest BCUT2D eigenvalue weighted by atomic mass is 15.6. The quantitative estimate of drug-likeness (QED) is 0.755. The number of hydrogen-bond donors (Lipinski definition) is 0. The first kappa shape index (κ1) is 12.5. The van der Waals surface area contributed by atoms with E-state index in [2.05, 4.69) is 38.9 Å². The van der Waals surface area contributed by atoms with Crippen LogP contribution in [-0.4, -0.2) is 40.0 Å². The van der Waals surface area contributed by atoms with Crippen LogP contribution in [0.4, 0.5) is 5.95 Å². The molecule has 0 bridgehead atoms. The lowest BCUT2D eigenvalue weighted by atomic mass is 9.99. The van der Waals surface area contributed by atoms with E-state index in [9.17, 15) is 0 Å². The van der Waals surface area contributed by atoms with Gasteiger partial charge in [-0.25, -0.2) is 0 Å². The van der Waals surface area contributed by atoms with Crippen LogP contribution in [0.3, 0.4) is 0 Å². The van der Waals surface area contributed by atoms with Gasteiger partial charge in [-0.15, -0.1) is 5.10 Å². The van der Waals surface area contributed by atoms with Crippen LogP contribution in [0.5, 0.6) is 0 Å². The molecule has 6 heteroatoms. The number of tetrazole rings is 1. The van der Waals surface area contributed by atoms with E-state index in [0.29, 0.717) is 5.95 Å². The summed E-state index contributed by atoms with van der Waals surface area (Å²) in [5, 5.41) is 12.2. The second-order valence-electron chi connectivity index (χ2n) is 4.34. The minimum atomic E-state index is 0.669. The lowest BCUT2D eigenvalue weighted by Crippen LogP contribution is -2.32. The molecule has 96 valence electrons. The molecular weight excluding hydrogens is 228 g/mol. The summed E-state index contributed by atoms with van der Waals surface area (Å²) in [5.74, 6) is 0.669. The van der Waals surface area contributed by atoms with Gasteiger partial charge in [-0.1, -0.05) is 16.7 Å². The maximum atomic E-state index is 4.24. The van der Waals surface area contributed by atoms with Crippen LogP contribution < -0.4 is 4.90 Å². The molecule has 0 fully saturated rings. The van der Waals surface area contributed by atoms with Gasteiger partial charge in [0.05, 0.1) is 12.7 Å². The van der Waals surface area contributed by atoms with Gasteiger partial charge < -0.3 is 4.90 Å². The van der Waals surface area contributed by atoms with Gasteiger partial charge in [0, 0.05) is 13.1 Å². The van der Waals surface area contributed by atoms with Crippen molar-refractivity contribution >= 4 is 12.7 Å². The molecule has 18 heavy (non-hydrogen) atoms. The fraction of sp³-hybridized carbons (Fsp3) is 0.500. The highest BCUT2D eigenvalue weighted by Crippen LogP contribution is 2.25. The molecule has 0 saturated carbocycles. The van der Waals surface area contributed by atoms with Gasteiger partial charge in [0.1, 0.15) is 0 Å². The average molecular weight is 246 g/mol. The van der Waals surface area contributed by atoms with Crippen LogP contribution in [0, 0.1) is 0 Å². The molecule has 0 unspecified atom stereocenters. The van der Waals surface area contributed by atoms with Gasteiger partial charge in [-0.05, 0) is 37.8 Å². The normalized spacial score (nSPS) is 17.3. The standard InChI is InChI=1S/C12H18N6/c1-5-11(13-3)10-8-18(7-6-9(10)2)12-14-16-17(4)15-12/h5H,3,6-8H2,1-2,4H3. The fourth-order valence-corrected chi connectivity index (χ4v) is 2.09. The number of nitrogens with zero attached hydrogens (tertiary/aromatic N) is 6. The molecule has 0 spiro atoms. The van der Waals surface area contributed by atoms with Crippen LogP contribution in [-0.2, 0) is 7.05 Å². The van der Waals surface area contributed by atoms with Crippen molar-refractivity contribution in [1.29, 1.82) is 0 Å². The smallest absolute Gasteiger partial charge is 0.266 e. The Bertz CT molecular complexity index is 510. The van der Waals surface area contributed by atoms with E-state index in [-0.39, 0.29) is 0 Å². The first-order valence-electron chi connectivity index (χ1n) is 5.96. The molecule has 1 aliphatic heterocycles. The van der Waals surface area contributed by atoms with Crippen molar-refractivity contribution in [3.8, 4) is 0 Å². The second kappa shape index (κ2) is 5.12. The summed E-state index contributed by atoms with van der Waals surface area (Å²) < 4.78 is 0. The molecule has 6 nitrogen and oxygen atoms in total. The van der Waals surface area contributed by atoms with Gasteiger partial charge in [0.25, 0.3) is 5.95 Å². The van der Waals surface area contributed by atoms with Crippen molar-refractivity contribution in [1.82, 2.24) is 20.2 Å². The van der Waals surface area contributed by atoms with Crippen LogP contribution in [0.2, 0.25) is 0 Å². The van der Waals surface area contributed by atoms with Crippen LogP contribution in [0.25, 0.3) is 0 Å². The van der Waals surface area contributed by atoms with Crippen LogP contribution in [0.1, 0.15) is 20.3 Å². The Morgan fingerprint density at radius 3 is 2.83 bits per heavy atom. The predicted molar refractivity (Wildman–Crippen MR) is 71.6 cm³/mol. The number of aryl methyl sites for hydroxylation is 1. The predicted octanol–water partition coefficient (Wildman–Crippen LogP) is 1.34. The van der Waals surface area contributed by atoms with Crippen molar-refractivity contribution in [3.63, 3.8) is 0 Å². The molecule has 1 aliphatic rings. The maximum Gasteiger partial charge on any atom is 0.266 e. The van der Waals surface area contributed by atoms with Gasteiger partial charge >= 0.3 is 0 Å². The van der Waals surface area contributed by atoms with E-state index in [1.54, 1.807) is 7.05 Å². The summed E-state index contributed by atoms with van der Waals surface area (Å²) in [6, 6.07) is 0. The van der Waals surface area contributed by atoms with Gasteiger partial charge in [0.2, 0.25) is 0 Å². The Balaban J connectivity index is 2.25. The zero-order valence-corrected chi connectivity index (χ0v) is 11.1. The summed E-state index contributed by atoms with van der Waals surface area (Å²) in [4.78, 5) is 7.67. The highest BCUT2D eigenvalue weighted by Gasteiger charge is 2.21. The molecule has 0 N–H and O–H groups in total. The fourth-order valence-electron chi connectivity index (χ4n) is 2.09. The summed E-state index contributed by atoms with van der Waals surface area (Å²) >= 11 is 0. The monoisotopic (exact) mass is 246 g/mol. The maximum absolute atomic E-state index is 4.24. The summed E-state index contributed by atoms with van der Waals surface area (Å²) in [6.07, 6.45) is 2.97. The van der Waals surface area contributed by atoms with E-state index in [1.165, 1.54) is 15.9 Å². The Kier molecular flexibility index (Phi) is 3.55. The molecule has 0 amide bonds. The second-order valence-corrected chi connectivity index (χ2v) is 4.34. The van der Waals surface area contributed by atoms with Gasteiger partial charge in [0.15, 0.2) is 0 Å². The lowest BCUT2D eigenvalue weighted by molar-refractivity contribution is 0.628. The third-order valence-corrected chi connectivity index (χ3v) is 3.15. The SMILES string of the molecule is C=NC(=CC)C1=C(C)CCN(c2nnn(C)n2)C1. The molecule has 1 aromatic heterocycles. The zero-order valence-electron chi connectivity index (χ0n) is 11.1. The van der Waals surface area contributed by atoms with E-state index in [1.807, 2.05) is 13.0 Å². The molecular formula is C12H18N6. The number of rotatable bonds is 3. The number of aliphatic imine (C=N–C) groups is 1. The summed E-state index contributed by atoms with van der Waals surface area (Å²) in [6.45, 7) is 9.42. The Morgan fingerprint density at radius 1 is 1.50 bits per heavy atom. The Morgan fingerprint density at radius 2 is 2.28 bits per heavy atom. The minimum Gasteiger partial charge on any atom is -0.333 e. The van der Waals surface area contributed by atoms with Crippen molar-refractivity contribution in [3.05, 3.63) is 22.9 Å². The van der Waals surface area contributed by atoms with Crippen molar-refractivity contribution in [2.75, 3.05) is 18.0 Å². The third kappa shape index (κ3) is 2.32. The Hall–Kier alpha value is -1.98. The van der Waals surface area contributed by atoms with Crippen molar-refractivity contribution in [2.45, 2.75) is 20.3 Å². The molecule has 1 aromatic rings.